The molecule has 0 radical (unpaired) electrons. The lowest BCUT2D eigenvalue weighted by molar-refractivity contribution is -0.132. The van der Waals surface area contributed by atoms with Crippen LogP contribution in [0.15, 0.2) is 48.9 Å². The molecule has 5 heterocycles. The van der Waals surface area contributed by atoms with Crippen LogP contribution in [-0.4, -0.2) is 75.4 Å². The van der Waals surface area contributed by atoms with Gasteiger partial charge >= 0.3 is 6.09 Å². The maximum Gasteiger partial charge on any atom is 0.407 e. The maximum absolute atomic E-state index is 13.2. The summed E-state index contributed by atoms with van der Waals surface area (Å²) in [5.74, 6) is 1.68. The second-order valence-electron chi connectivity index (χ2n) is 15.1. The van der Waals surface area contributed by atoms with Gasteiger partial charge in [-0.05, 0) is 69.9 Å². The molecule has 2 fully saturated rings. The summed E-state index contributed by atoms with van der Waals surface area (Å²) in [6.07, 6.45) is 5.42. The van der Waals surface area contributed by atoms with E-state index in [2.05, 4.69) is 25.4 Å². The second kappa shape index (κ2) is 13.3. The van der Waals surface area contributed by atoms with Gasteiger partial charge in [-0.15, -0.1) is 0 Å². The number of anilines is 1. The minimum atomic E-state index is -0.566. The predicted molar refractivity (Wildman–Crippen MR) is 191 cm³/mol. The first-order valence-electron chi connectivity index (χ1n) is 16.5. The molecule has 2 aliphatic heterocycles. The molecule has 1 spiro atoms. The average molecular weight is 709 g/mol. The Labute approximate surface area is 296 Å². The van der Waals surface area contributed by atoms with Gasteiger partial charge in [0.05, 0.1) is 15.6 Å². The minimum Gasteiger partial charge on any atom is -0.486 e. The van der Waals surface area contributed by atoms with Gasteiger partial charge < -0.3 is 24.6 Å². The third-order valence-electron chi connectivity index (χ3n) is 9.07. The van der Waals surface area contributed by atoms with Crippen LogP contribution in [0.3, 0.4) is 0 Å². The molecule has 2 N–H and O–H groups in total. The van der Waals surface area contributed by atoms with Gasteiger partial charge in [0, 0.05) is 79.7 Å². The summed E-state index contributed by atoms with van der Waals surface area (Å²) in [4.78, 5) is 38.4. The summed E-state index contributed by atoms with van der Waals surface area (Å²) in [7, 11) is 0. The number of pyridine rings is 2. The molecular weight excluding hydrogens is 665 g/mol. The highest BCUT2D eigenvalue weighted by atomic mass is 35.5. The third kappa shape index (κ3) is 7.88. The number of halogens is 2. The Bertz CT molecular complexity index is 1830. The van der Waals surface area contributed by atoms with Gasteiger partial charge in [0.1, 0.15) is 29.0 Å². The highest BCUT2D eigenvalue weighted by Crippen LogP contribution is 2.42. The lowest BCUT2D eigenvalue weighted by Gasteiger charge is -2.48. The number of nitrogens with one attached hydrogen (secondary N) is 2. The largest absolute Gasteiger partial charge is 0.486 e. The lowest BCUT2D eigenvalue weighted by atomic mass is 9.79. The molecule has 2 amide bonds. The smallest absolute Gasteiger partial charge is 0.407 e. The number of alkyl carbamates (subject to hydrolysis) is 1. The van der Waals surface area contributed by atoms with Crippen LogP contribution in [0.5, 0.6) is 5.75 Å². The number of amides is 2. The van der Waals surface area contributed by atoms with E-state index in [0.29, 0.717) is 34.3 Å². The fourth-order valence-corrected chi connectivity index (χ4v) is 7.29. The highest BCUT2D eigenvalue weighted by molar-refractivity contribution is 6.35. The van der Waals surface area contributed by atoms with Crippen molar-refractivity contribution >= 4 is 51.9 Å². The number of ether oxygens (including phenoxy) is 2. The van der Waals surface area contributed by atoms with Crippen LogP contribution in [0.25, 0.3) is 22.2 Å². The SMILES string of the molecule is C[C@@H](Oc1ccc2[nH]nc(-c3ccc(N4CC5(CCN(C(=O)CC(C)(C)CNC(=O)OC(C)(C)C)C5)C4)nc3)c2c1)c1c(Cl)cncc1Cl. The van der Waals surface area contributed by atoms with Crippen LogP contribution >= 0.6 is 23.2 Å². The Morgan fingerprint density at radius 2 is 1.78 bits per heavy atom. The number of carbonyl (C=O) groups is 2. The van der Waals surface area contributed by atoms with Gasteiger partial charge in [0.2, 0.25) is 5.91 Å². The maximum atomic E-state index is 13.2. The van der Waals surface area contributed by atoms with Crippen molar-refractivity contribution in [2.24, 2.45) is 10.8 Å². The van der Waals surface area contributed by atoms with Crippen LogP contribution < -0.4 is 15.0 Å². The fourth-order valence-electron chi connectivity index (χ4n) is 6.61. The van der Waals surface area contributed by atoms with Gasteiger partial charge in [-0.1, -0.05) is 37.0 Å². The lowest BCUT2D eigenvalue weighted by Crippen LogP contribution is -2.58. The molecule has 0 unspecified atom stereocenters. The number of fused-ring (bicyclic) bond motifs is 1. The second-order valence-corrected chi connectivity index (χ2v) is 15.9. The quantitative estimate of drug-likeness (QED) is 0.184. The molecule has 4 aromatic rings. The molecular formula is C36H43Cl2N7O4. The molecule has 260 valence electrons. The van der Waals surface area contributed by atoms with Gasteiger partial charge in [-0.2, -0.15) is 5.10 Å². The van der Waals surface area contributed by atoms with Gasteiger partial charge in [0.25, 0.3) is 0 Å². The molecule has 0 aliphatic carbocycles. The fraction of sp³-hybridized carbons (Fsp3) is 0.472. The van der Waals surface area contributed by atoms with Gasteiger partial charge in [-0.25, -0.2) is 9.78 Å². The Hall–Kier alpha value is -4.09. The first-order chi connectivity index (χ1) is 23.1. The average Bonchev–Trinajstić information content (AvgIpc) is 3.64. The van der Waals surface area contributed by atoms with Crippen molar-refractivity contribution in [3.63, 3.8) is 0 Å². The normalized spacial score (nSPS) is 16.5. The molecule has 13 heteroatoms. The van der Waals surface area contributed by atoms with Crippen LogP contribution in [0.2, 0.25) is 10.0 Å². The number of hydrogen-bond donors (Lipinski definition) is 2. The zero-order valence-corrected chi connectivity index (χ0v) is 30.3. The van der Waals surface area contributed by atoms with E-state index in [0.717, 1.165) is 60.6 Å². The van der Waals surface area contributed by atoms with Crippen LogP contribution in [0.4, 0.5) is 10.6 Å². The molecule has 1 aromatic carbocycles. The van der Waals surface area contributed by atoms with E-state index in [1.54, 1.807) is 12.4 Å². The van der Waals surface area contributed by atoms with Crippen molar-refractivity contribution in [2.75, 3.05) is 37.6 Å². The standard InChI is InChI=1S/C36H43Cl2N7O4/c1-22(31-26(37)16-39-17-27(31)38)48-24-8-9-28-25(13-24)32(43-42-28)23-7-10-29(40-15-23)45-20-36(21-45)11-12-44(19-36)30(46)14-35(5,6)18-41-33(47)49-34(2,3)4/h7-10,13,15-17,22H,11-12,14,18-21H2,1-6H3,(H,41,47)(H,42,43)/t22-/m1/s1. The van der Waals surface area contributed by atoms with E-state index >= 15 is 0 Å². The number of nitrogens with zero attached hydrogens (tertiary/aromatic N) is 5. The van der Waals surface area contributed by atoms with Crippen molar-refractivity contribution in [2.45, 2.75) is 66.1 Å². The number of benzene rings is 1. The van der Waals surface area contributed by atoms with Crippen molar-refractivity contribution in [3.8, 4) is 17.0 Å². The van der Waals surface area contributed by atoms with E-state index in [4.69, 9.17) is 37.7 Å². The van der Waals surface area contributed by atoms with E-state index in [-0.39, 0.29) is 17.4 Å². The minimum absolute atomic E-state index is 0.0750. The molecule has 6 rings (SSSR count). The van der Waals surface area contributed by atoms with E-state index in [1.165, 1.54) is 0 Å². The first kappa shape index (κ1) is 34.8. The molecule has 2 saturated heterocycles. The monoisotopic (exact) mass is 707 g/mol. The van der Waals surface area contributed by atoms with Crippen molar-refractivity contribution in [3.05, 3.63) is 64.5 Å². The van der Waals surface area contributed by atoms with Gasteiger partial charge in [-0.3, -0.25) is 14.9 Å². The number of carbonyl (C=O) groups excluding carboxylic acids is 2. The number of aromatic nitrogens is 4. The van der Waals surface area contributed by atoms with Crippen LogP contribution in [0, 0.1) is 10.8 Å². The number of aromatic amines is 1. The summed E-state index contributed by atoms with van der Waals surface area (Å²) in [6.45, 7) is 14.9. The molecule has 3 aromatic heterocycles. The first-order valence-corrected chi connectivity index (χ1v) is 17.3. The molecule has 0 bridgehead atoms. The number of rotatable bonds is 9. The van der Waals surface area contributed by atoms with Crippen molar-refractivity contribution in [1.29, 1.82) is 0 Å². The summed E-state index contributed by atoms with van der Waals surface area (Å²) < 4.78 is 11.6. The number of H-pyrrole nitrogens is 1. The van der Waals surface area contributed by atoms with E-state index < -0.39 is 17.1 Å². The molecule has 2 aliphatic rings. The van der Waals surface area contributed by atoms with E-state index in [1.807, 2.05) is 83.0 Å². The topological polar surface area (TPSA) is 126 Å². The highest BCUT2D eigenvalue weighted by Gasteiger charge is 2.49. The third-order valence-corrected chi connectivity index (χ3v) is 9.68. The molecule has 11 nitrogen and oxygen atoms in total. The summed E-state index contributed by atoms with van der Waals surface area (Å²) in [5, 5.41) is 12.3. The summed E-state index contributed by atoms with van der Waals surface area (Å²) in [6, 6.07) is 9.83. The van der Waals surface area contributed by atoms with Crippen molar-refractivity contribution < 1.29 is 19.1 Å². The zero-order valence-electron chi connectivity index (χ0n) is 28.8. The van der Waals surface area contributed by atoms with Crippen LogP contribution in [0.1, 0.15) is 66.1 Å². The Morgan fingerprint density at radius 3 is 2.45 bits per heavy atom. The Kier molecular flexibility index (Phi) is 9.45. The van der Waals surface area contributed by atoms with Crippen LogP contribution in [-0.2, 0) is 9.53 Å². The predicted octanol–water partition coefficient (Wildman–Crippen LogP) is 7.45. The van der Waals surface area contributed by atoms with E-state index in [9.17, 15) is 9.59 Å². The summed E-state index contributed by atoms with van der Waals surface area (Å²) in [5.41, 5.74) is 2.35. The summed E-state index contributed by atoms with van der Waals surface area (Å²) >= 11 is 12.7. The Morgan fingerprint density at radius 1 is 1.04 bits per heavy atom. The van der Waals surface area contributed by atoms with Crippen molar-refractivity contribution in [1.82, 2.24) is 30.4 Å². The number of hydrogen-bond acceptors (Lipinski definition) is 8. The molecule has 49 heavy (non-hydrogen) atoms. The van der Waals surface area contributed by atoms with Gasteiger partial charge in [0.15, 0.2) is 0 Å². The number of likely N-dealkylation sites (tertiary alicyclic amines) is 1. The zero-order chi connectivity index (χ0) is 35.1. The molecule has 1 atom stereocenters. The Balaban J connectivity index is 1.04. The molecule has 0 saturated carbocycles.